The first-order valence-electron chi connectivity index (χ1n) is 3.05. The van der Waals surface area contributed by atoms with Crippen molar-refractivity contribution in [3.63, 3.8) is 0 Å². The van der Waals surface area contributed by atoms with Gasteiger partial charge in [0.2, 0.25) is 0 Å². The summed E-state index contributed by atoms with van der Waals surface area (Å²) in [4.78, 5) is 13.4. The third kappa shape index (κ3) is 2.72. The highest BCUT2D eigenvalue weighted by atomic mass is 17.1. The van der Waals surface area contributed by atoms with Crippen molar-refractivity contribution in [3.05, 3.63) is 0 Å². The van der Waals surface area contributed by atoms with Gasteiger partial charge in [0.05, 0.1) is 6.61 Å². The number of carbonyl (C=O) groups is 1. The lowest BCUT2D eigenvalue weighted by molar-refractivity contribution is -0.248. The molecule has 0 amide bonds. The van der Waals surface area contributed by atoms with E-state index >= 15 is 0 Å². The van der Waals surface area contributed by atoms with Crippen LogP contribution in [0.2, 0.25) is 0 Å². The van der Waals surface area contributed by atoms with E-state index in [2.05, 4.69) is 4.89 Å². The molecule has 0 bridgehead atoms. The van der Waals surface area contributed by atoms with Crippen LogP contribution in [-0.4, -0.2) is 56.6 Å². The highest BCUT2D eigenvalue weighted by Gasteiger charge is 2.31. The Bertz CT molecular complexity index is 147. The summed E-state index contributed by atoms with van der Waals surface area (Å²) >= 11 is 0. The van der Waals surface area contributed by atoms with Crippen LogP contribution in [0.1, 0.15) is 0 Å². The van der Waals surface area contributed by atoms with Crippen molar-refractivity contribution in [1.29, 1.82) is 0 Å². The lowest BCUT2D eigenvalue weighted by Gasteiger charge is -2.18. The van der Waals surface area contributed by atoms with Gasteiger partial charge in [-0.25, -0.2) is 4.79 Å². The number of aliphatic hydroxyl groups is 4. The van der Waals surface area contributed by atoms with E-state index in [0.29, 0.717) is 0 Å². The van der Waals surface area contributed by atoms with Gasteiger partial charge in [-0.3, -0.25) is 4.89 Å². The summed E-state index contributed by atoms with van der Waals surface area (Å²) in [6, 6.07) is 0. The zero-order chi connectivity index (χ0) is 9.72. The Morgan fingerprint density at radius 3 is 2.17 bits per heavy atom. The molecular formula is C5H10O7. The van der Waals surface area contributed by atoms with Gasteiger partial charge in [-0.05, 0) is 0 Å². The van der Waals surface area contributed by atoms with Gasteiger partial charge in [-0.15, -0.1) is 0 Å². The predicted molar refractivity (Wildman–Crippen MR) is 33.8 cm³/mol. The molecule has 12 heavy (non-hydrogen) atoms. The van der Waals surface area contributed by atoms with Crippen LogP contribution in [0, 0.1) is 0 Å². The highest BCUT2D eigenvalue weighted by Crippen LogP contribution is 2.01. The first kappa shape index (κ1) is 11.3. The largest absolute Gasteiger partial charge is 0.394 e. The number of rotatable bonds is 4. The lowest BCUT2D eigenvalue weighted by Crippen LogP contribution is -2.44. The fourth-order valence-electron chi connectivity index (χ4n) is 0.512. The molecule has 72 valence electrons. The minimum atomic E-state index is -2.09. The highest BCUT2D eigenvalue weighted by molar-refractivity contribution is 5.74. The first-order valence-corrected chi connectivity index (χ1v) is 3.05. The van der Waals surface area contributed by atoms with Gasteiger partial charge in [-0.1, -0.05) is 0 Å². The molecule has 7 nitrogen and oxygen atoms in total. The van der Waals surface area contributed by atoms with Crippen LogP contribution in [0.25, 0.3) is 0 Å². The van der Waals surface area contributed by atoms with Gasteiger partial charge >= 0.3 is 5.97 Å². The van der Waals surface area contributed by atoms with E-state index in [-0.39, 0.29) is 0 Å². The van der Waals surface area contributed by atoms with Gasteiger partial charge in [-0.2, -0.15) is 5.26 Å². The number of hydrogen-bond acceptors (Lipinski definition) is 7. The Labute approximate surface area is 67.4 Å². The van der Waals surface area contributed by atoms with Crippen LogP contribution in [0.15, 0.2) is 0 Å². The molecule has 3 unspecified atom stereocenters. The summed E-state index contributed by atoms with van der Waals surface area (Å²) < 4.78 is 0. The molecule has 0 aliphatic rings. The fraction of sp³-hybridized carbons (Fsp3) is 0.800. The van der Waals surface area contributed by atoms with Gasteiger partial charge in [0.25, 0.3) is 0 Å². The van der Waals surface area contributed by atoms with Crippen molar-refractivity contribution < 1.29 is 35.4 Å². The van der Waals surface area contributed by atoms with E-state index in [1.807, 2.05) is 0 Å². The van der Waals surface area contributed by atoms with Gasteiger partial charge in [0.15, 0.2) is 6.10 Å². The summed E-state index contributed by atoms with van der Waals surface area (Å²) in [5.74, 6) is -1.50. The van der Waals surface area contributed by atoms with Crippen molar-refractivity contribution in [2.45, 2.75) is 18.3 Å². The minimum Gasteiger partial charge on any atom is -0.394 e. The molecule has 0 radical (unpaired) electrons. The van der Waals surface area contributed by atoms with E-state index in [1.165, 1.54) is 0 Å². The second kappa shape index (κ2) is 5.01. The van der Waals surface area contributed by atoms with Crippen molar-refractivity contribution in [1.82, 2.24) is 0 Å². The van der Waals surface area contributed by atoms with Gasteiger partial charge in [0.1, 0.15) is 12.2 Å². The Morgan fingerprint density at radius 2 is 1.83 bits per heavy atom. The number of hydrogen-bond donors (Lipinski definition) is 5. The normalized spacial score (nSPS) is 18.1. The first-order chi connectivity index (χ1) is 5.54. The average molecular weight is 182 g/mol. The molecular weight excluding hydrogens is 172 g/mol. The Hall–Kier alpha value is -0.730. The molecule has 0 aromatic rings. The van der Waals surface area contributed by atoms with Crippen LogP contribution in [-0.2, 0) is 9.68 Å². The van der Waals surface area contributed by atoms with Crippen LogP contribution < -0.4 is 0 Å². The molecule has 0 saturated heterocycles. The molecule has 0 aromatic heterocycles. The Balaban J connectivity index is 4.08. The maximum Gasteiger partial charge on any atom is 0.373 e. The van der Waals surface area contributed by atoms with Crippen LogP contribution in [0.4, 0.5) is 0 Å². The quantitative estimate of drug-likeness (QED) is 0.233. The van der Waals surface area contributed by atoms with E-state index < -0.39 is 30.9 Å². The monoisotopic (exact) mass is 182 g/mol. The third-order valence-corrected chi connectivity index (χ3v) is 1.24. The zero-order valence-corrected chi connectivity index (χ0v) is 5.99. The molecule has 0 rings (SSSR count). The van der Waals surface area contributed by atoms with E-state index in [4.69, 9.17) is 25.7 Å². The van der Waals surface area contributed by atoms with Crippen molar-refractivity contribution in [2.75, 3.05) is 6.61 Å². The second-order valence-electron chi connectivity index (χ2n) is 2.10. The maximum absolute atomic E-state index is 10.3. The average Bonchev–Trinajstić information content (AvgIpc) is 2.12. The molecule has 0 fully saturated rings. The summed E-state index contributed by atoms with van der Waals surface area (Å²) in [6.07, 6.45) is -5.65. The van der Waals surface area contributed by atoms with Crippen LogP contribution in [0.3, 0.4) is 0 Å². The van der Waals surface area contributed by atoms with E-state index in [9.17, 15) is 4.79 Å². The molecule has 3 atom stereocenters. The van der Waals surface area contributed by atoms with Crippen LogP contribution in [0.5, 0.6) is 0 Å². The van der Waals surface area contributed by atoms with E-state index in [0.717, 1.165) is 0 Å². The predicted octanol–water partition coefficient (Wildman–Crippen LogP) is -2.92. The van der Waals surface area contributed by atoms with E-state index in [1.54, 1.807) is 0 Å². The molecule has 7 heteroatoms. The molecule has 0 aliphatic carbocycles. The fourth-order valence-corrected chi connectivity index (χ4v) is 0.512. The van der Waals surface area contributed by atoms with Crippen LogP contribution >= 0.6 is 0 Å². The summed E-state index contributed by atoms with van der Waals surface area (Å²) in [5.41, 5.74) is 0. The molecule has 5 N–H and O–H groups in total. The Morgan fingerprint density at radius 1 is 1.33 bits per heavy atom. The summed E-state index contributed by atoms with van der Waals surface area (Å²) in [5, 5.41) is 42.3. The summed E-state index contributed by atoms with van der Waals surface area (Å²) in [6.45, 7) is -0.822. The standard InChI is InChI=1S/C5H10O7/c6-1-2(7)3(8)4(9)5(10)12-11/h2-4,6-9,11H,1H2. The van der Waals surface area contributed by atoms with Gasteiger partial charge < -0.3 is 20.4 Å². The molecule has 0 aromatic carbocycles. The topological polar surface area (TPSA) is 127 Å². The SMILES string of the molecule is O=C(OO)C(O)C(O)C(O)CO. The van der Waals surface area contributed by atoms with Crippen molar-refractivity contribution in [2.24, 2.45) is 0 Å². The molecule has 0 aliphatic heterocycles. The molecule has 0 spiro atoms. The molecule has 0 saturated carbocycles. The lowest BCUT2D eigenvalue weighted by atomic mass is 10.1. The number of aliphatic hydroxyl groups excluding tert-OH is 4. The zero-order valence-electron chi connectivity index (χ0n) is 5.99. The minimum absolute atomic E-state index is 0.822. The van der Waals surface area contributed by atoms with Crippen molar-refractivity contribution in [3.8, 4) is 0 Å². The van der Waals surface area contributed by atoms with Crippen molar-refractivity contribution >= 4 is 5.97 Å². The number of carbonyl (C=O) groups excluding carboxylic acids is 1. The third-order valence-electron chi connectivity index (χ3n) is 1.24. The summed E-state index contributed by atoms with van der Waals surface area (Å²) in [7, 11) is 0. The Kier molecular flexibility index (Phi) is 4.71. The maximum atomic E-state index is 10.3. The van der Waals surface area contributed by atoms with Gasteiger partial charge in [0, 0.05) is 0 Å². The smallest absolute Gasteiger partial charge is 0.373 e. The second-order valence-corrected chi connectivity index (χ2v) is 2.10. The molecule has 0 heterocycles.